The van der Waals surface area contributed by atoms with Crippen LogP contribution in [0.3, 0.4) is 0 Å². The number of amides is 1. The van der Waals surface area contributed by atoms with Crippen molar-refractivity contribution < 1.29 is 4.79 Å². The van der Waals surface area contributed by atoms with Gasteiger partial charge < -0.3 is 11.1 Å². The van der Waals surface area contributed by atoms with Crippen LogP contribution in [0.4, 0.5) is 0 Å². The molecule has 0 heterocycles. The maximum atomic E-state index is 10.5. The topological polar surface area (TPSA) is 55.1 Å². The quantitative estimate of drug-likeness (QED) is 0.781. The van der Waals surface area contributed by atoms with Crippen LogP contribution in [0.5, 0.6) is 0 Å². The molecule has 0 aromatic heterocycles. The predicted molar refractivity (Wildman–Crippen MR) is 62.0 cm³/mol. The van der Waals surface area contributed by atoms with Gasteiger partial charge in [0.2, 0.25) is 5.91 Å². The summed E-state index contributed by atoms with van der Waals surface area (Å²) in [5, 5.41) is 4.15. The van der Waals surface area contributed by atoms with Crippen LogP contribution >= 0.6 is 23.2 Å². The molecule has 0 unspecified atom stereocenters. The fraction of sp³-hybridized carbons (Fsp3) is 0.300. The van der Waals surface area contributed by atoms with Gasteiger partial charge in [-0.2, -0.15) is 0 Å². The average molecular weight is 247 g/mol. The van der Waals surface area contributed by atoms with Crippen LogP contribution in [0, 0.1) is 0 Å². The minimum Gasteiger partial charge on any atom is -0.370 e. The largest absolute Gasteiger partial charge is 0.370 e. The molecule has 1 aromatic carbocycles. The van der Waals surface area contributed by atoms with E-state index in [0.717, 1.165) is 5.56 Å². The number of nitrogens with one attached hydrogen (secondary N) is 1. The Morgan fingerprint density at radius 1 is 1.33 bits per heavy atom. The molecular weight excluding hydrogens is 235 g/mol. The minimum absolute atomic E-state index is 0.309. The highest BCUT2D eigenvalue weighted by atomic mass is 35.5. The van der Waals surface area contributed by atoms with Crippen molar-refractivity contribution >= 4 is 29.1 Å². The Morgan fingerprint density at radius 3 is 2.67 bits per heavy atom. The monoisotopic (exact) mass is 246 g/mol. The summed E-state index contributed by atoms with van der Waals surface area (Å²) in [6.45, 7) is 1.21. The van der Waals surface area contributed by atoms with Gasteiger partial charge in [-0.15, -0.1) is 0 Å². The first kappa shape index (κ1) is 12.3. The number of halogens is 2. The molecule has 3 nitrogen and oxygen atoms in total. The Hall–Kier alpha value is -0.770. The predicted octanol–water partition coefficient (Wildman–Crippen LogP) is 1.96. The Labute approximate surface area is 98.5 Å². The number of rotatable bonds is 5. The number of primary amides is 1. The molecule has 5 heteroatoms. The molecule has 0 aliphatic rings. The highest BCUT2D eigenvalue weighted by Gasteiger charge is 1.99. The van der Waals surface area contributed by atoms with Gasteiger partial charge >= 0.3 is 0 Å². The first-order chi connectivity index (χ1) is 7.09. The molecule has 0 saturated heterocycles. The average Bonchev–Trinajstić information content (AvgIpc) is 2.18. The summed E-state index contributed by atoms with van der Waals surface area (Å²) in [6.07, 6.45) is 0.335. The van der Waals surface area contributed by atoms with Crippen molar-refractivity contribution in [1.82, 2.24) is 5.32 Å². The second-order valence-electron chi connectivity index (χ2n) is 3.14. The molecule has 1 rings (SSSR count). The minimum atomic E-state index is -0.309. The van der Waals surface area contributed by atoms with Crippen molar-refractivity contribution in [2.45, 2.75) is 13.0 Å². The van der Waals surface area contributed by atoms with E-state index in [1.54, 1.807) is 12.1 Å². The zero-order valence-corrected chi connectivity index (χ0v) is 9.61. The van der Waals surface area contributed by atoms with Crippen molar-refractivity contribution in [1.29, 1.82) is 0 Å². The first-order valence-electron chi connectivity index (χ1n) is 4.52. The third kappa shape index (κ3) is 4.51. The molecule has 0 radical (unpaired) electrons. The molecular formula is C10H12Cl2N2O. The molecule has 0 spiro atoms. The van der Waals surface area contributed by atoms with E-state index in [-0.39, 0.29) is 5.91 Å². The van der Waals surface area contributed by atoms with Crippen LogP contribution in [0.25, 0.3) is 0 Å². The standard InChI is InChI=1S/C10H12Cl2N2O/c11-8-2-1-7(5-9(8)12)6-14-4-3-10(13)15/h1-2,5,14H,3-4,6H2,(H2,13,15). The van der Waals surface area contributed by atoms with Crippen LogP contribution in [0.1, 0.15) is 12.0 Å². The molecule has 15 heavy (non-hydrogen) atoms. The summed E-state index contributed by atoms with van der Waals surface area (Å²) < 4.78 is 0. The number of carbonyl (C=O) groups is 1. The van der Waals surface area contributed by atoms with Crippen molar-refractivity contribution in [3.8, 4) is 0 Å². The molecule has 82 valence electrons. The SMILES string of the molecule is NC(=O)CCNCc1ccc(Cl)c(Cl)c1. The second kappa shape index (κ2) is 5.95. The highest BCUT2D eigenvalue weighted by molar-refractivity contribution is 6.42. The summed E-state index contributed by atoms with van der Waals surface area (Å²) >= 11 is 11.6. The van der Waals surface area contributed by atoms with Crippen LogP contribution in [0.2, 0.25) is 10.0 Å². The maximum absolute atomic E-state index is 10.5. The van der Waals surface area contributed by atoms with Crippen LogP contribution < -0.4 is 11.1 Å². The van der Waals surface area contributed by atoms with Crippen LogP contribution in [-0.2, 0) is 11.3 Å². The Balaban J connectivity index is 2.38. The van der Waals surface area contributed by atoms with E-state index >= 15 is 0 Å². The summed E-state index contributed by atoms with van der Waals surface area (Å²) in [6, 6.07) is 5.42. The van der Waals surface area contributed by atoms with Crippen molar-refractivity contribution in [3.63, 3.8) is 0 Å². The van der Waals surface area contributed by atoms with Crippen molar-refractivity contribution in [3.05, 3.63) is 33.8 Å². The summed E-state index contributed by atoms with van der Waals surface area (Å²) in [4.78, 5) is 10.5. The first-order valence-corrected chi connectivity index (χ1v) is 5.28. The van der Waals surface area contributed by atoms with Gasteiger partial charge in [0.05, 0.1) is 10.0 Å². The summed E-state index contributed by atoms with van der Waals surface area (Å²) in [5.41, 5.74) is 6.02. The summed E-state index contributed by atoms with van der Waals surface area (Å²) in [7, 11) is 0. The fourth-order valence-electron chi connectivity index (χ4n) is 1.09. The maximum Gasteiger partial charge on any atom is 0.218 e. The lowest BCUT2D eigenvalue weighted by Gasteiger charge is -2.04. The van der Waals surface area contributed by atoms with Gasteiger partial charge in [-0.05, 0) is 17.7 Å². The molecule has 0 atom stereocenters. The molecule has 1 aromatic rings. The highest BCUT2D eigenvalue weighted by Crippen LogP contribution is 2.22. The molecule has 0 bridgehead atoms. The number of benzene rings is 1. The van der Waals surface area contributed by atoms with Gasteiger partial charge in [0.15, 0.2) is 0 Å². The smallest absolute Gasteiger partial charge is 0.218 e. The van der Waals surface area contributed by atoms with Gasteiger partial charge in [-0.25, -0.2) is 0 Å². The second-order valence-corrected chi connectivity index (χ2v) is 3.96. The Morgan fingerprint density at radius 2 is 2.07 bits per heavy atom. The van der Waals surface area contributed by atoms with E-state index in [1.807, 2.05) is 6.07 Å². The van der Waals surface area contributed by atoms with E-state index in [9.17, 15) is 4.79 Å². The van der Waals surface area contributed by atoms with Gasteiger partial charge in [0.25, 0.3) is 0 Å². The number of nitrogens with two attached hydrogens (primary N) is 1. The normalized spacial score (nSPS) is 10.3. The van der Waals surface area contributed by atoms with Gasteiger partial charge in [0.1, 0.15) is 0 Å². The zero-order chi connectivity index (χ0) is 11.3. The van der Waals surface area contributed by atoms with E-state index in [4.69, 9.17) is 28.9 Å². The van der Waals surface area contributed by atoms with Gasteiger partial charge in [-0.3, -0.25) is 4.79 Å². The lowest BCUT2D eigenvalue weighted by molar-refractivity contribution is -0.117. The van der Waals surface area contributed by atoms with E-state index in [0.29, 0.717) is 29.6 Å². The van der Waals surface area contributed by atoms with Crippen molar-refractivity contribution in [2.75, 3.05) is 6.54 Å². The molecule has 0 aliphatic carbocycles. The van der Waals surface area contributed by atoms with Crippen molar-refractivity contribution in [2.24, 2.45) is 5.73 Å². The van der Waals surface area contributed by atoms with E-state index in [1.165, 1.54) is 0 Å². The number of carbonyl (C=O) groups excluding carboxylic acids is 1. The Bertz CT molecular complexity index is 355. The number of hydrogen-bond acceptors (Lipinski definition) is 2. The molecule has 0 aliphatic heterocycles. The lowest BCUT2D eigenvalue weighted by atomic mass is 10.2. The van der Waals surface area contributed by atoms with Gasteiger partial charge in [-0.1, -0.05) is 29.3 Å². The molecule has 3 N–H and O–H groups in total. The summed E-state index contributed by atoms with van der Waals surface area (Å²) in [5.74, 6) is -0.309. The molecule has 0 saturated carbocycles. The molecule has 0 fully saturated rings. The zero-order valence-electron chi connectivity index (χ0n) is 8.09. The van der Waals surface area contributed by atoms with Crippen LogP contribution in [-0.4, -0.2) is 12.5 Å². The third-order valence-corrected chi connectivity index (χ3v) is 2.60. The van der Waals surface area contributed by atoms with E-state index < -0.39 is 0 Å². The lowest BCUT2D eigenvalue weighted by Crippen LogP contribution is -2.21. The Kier molecular flexibility index (Phi) is 4.88. The van der Waals surface area contributed by atoms with Crippen LogP contribution in [0.15, 0.2) is 18.2 Å². The third-order valence-electron chi connectivity index (χ3n) is 1.86. The number of hydrogen-bond donors (Lipinski definition) is 2. The fourth-order valence-corrected chi connectivity index (χ4v) is 1.41. The van der Waals surface area contributed by atoms with Gasteiger partial charge in [0, 0.05) is 19.5 Å². The van der Waals surface area contributed by atoms with E-state index in [2.05, 4.69) is 5.32 Å². The molecule has 1 amide bonds.